The molecule has 0 amide bonds. The Kier molecular flexibility index (Phi) is 6.67. The van der Waals surface area contributed by atoms with Crippen LogP contribution in [0.3, 0.4) is 0 Å². The van der Waals surface area contributed by atoms with Gasteiger partial charge < -0.3 is 10.1 Å². The average Bonchev–Trinajstić information content (AvgIpc) is 3.11. The Morgan fingerprint density at radius 3 is 2.86 bits per heavy atom. The number of nitrogens with one attached hydrogen (secondary N) is 1. The molecule has 1 N–H and O–H groups in total. The molecule has 7 heteroatoms. The fourth-order valence-corrected chi connectivity index (χ4v) is 5.55. The summed E-state index contributed by atoms with van der Waals surface area (Å²) in [5, 5.41) is 4.75. The first-order chi connectivity index (χ1) is 14.2. The summed E-state index contributed by atoms with van der Waals surface area (Å²) in [6.07, 6.45) is 4.73. The zero-order valence-electron chi connectivity index (χ0n) is 16.6. The van der Waals surface area contributed by atoms with Gasteiger partial charge in [-0.1, -0.05) is 30.3 Å². The summed E-state index contributed by atoms with van der Waals surface area (Å²) in [5.41, 5.74) is 2.65. The molecule has 0 radical (unpaired) electrons. The minimum absolute atomic E-state index is 0.187. The van der Waals surface area contributed by atoms with Gasteiger partial charge in [-0.25, -0.2) is 9.97 Å². The van der Waals surface area contributed by atoms with Crippen LogP contribution in [0.5, 0.6) is 0 Å². The van der Waals surface area contributed by atoms with E-state index in [9.17, 15) is 4.79 Å². The Balaban J connectivity index is 1.59. The second kappa shape index (κ2) is 9.59. The number of rotatable bonds is 8. The van der Waals surface area contributed by atoms with E-state index in [0.29, 0.717) is 18.1 Å². The normalized spacial score (nSPS) is 13.3. The molecule has 1 aliphatic rings. The van der Waals surface area contributed by atoms with Crippen LogP contribution in [0.15, 0.2) is 30.3 Å². The van der Waals surface area contributed by atoms with Gasteiger partial charge in [0.1, 0.15) is 16.5 Å². The molecule has 2 aromatic heterocycles. The average molecular weight is 428 g/mol. The smallest absolute Gasteiger partial charge is 0.315 e. The molecule has 0 aliphatic heterocycles. The van der Waals surface area contributed by atoms with Crippen LogP contribution < -0.4 is 5.32 Å². The second-order valence-electron chi connectivity index (χ2n) is 7.02. The van der Waals surface area contributed by atoms with Crippen molar-refractivity contribution in [2.75, 3.05) is 17.7 Å². The first-order valence-electron chi connectivity index (χ1n) is 10.1. The highest BCUT2D eigenvalue weighted by atomic mass is 32.2. The maximum atomic E-state index is 11.6. The van der Waals surface area contributed by atoms with E-state index in [1.807, 2.05) is 13.0 Å². The Morgan fingerprint density at radius 2 is 2.03 bits per heavy atom. The van der Waals surface area contributed by atoms with E-state index in [1.54, 1.807) is 11.3 Å². The van der Waals surface area contributed by atoms with Gasteiger partial charge in [-0.3, -0.25) is 4.79 Å². The van der Waals surface area contributed by atoms with Crippen molar-refractivity contribution in [3.05, 3.63) is 52.2 Å². The summed E-state index contributed by atoms with van der Waals surface area (Å²) in [4.78, 5) is 23.8. The zero-order valence-corrected chi connectivity index (χ0v) is 18.2. The predicted octanol–water partition coefficient (Wildman–Crippen LogP) is 4.98. The van der Waals surface area contributed by atoms with Gasteiger partial charge >= 0.3 is 5.97 Å². The third-order valence-corrected chi connectivity index (χ3v) is 7.01. The minimum Gasteiger partial charge on any atom is -0.465 e. The van der Waals surface area contributed by atoms with Crippen LogP contribution >= 0.6 is 23.1 Å². The van der Waals surface area contributed by atoms with Gasteiger partial charge in [0.05, 0.1) is 23.5 Å². The summed E-state index contributed by atoms with van der Waals surface area (Å²) in [7, 11) is 0. The maximum absolute atomic E-state index is 11.6. The predicted molar refractivity (Wildman–Crippen MR) is 121 cm³/mol. The summed E-state index contributed by atoms with van der Waals surface area (Å²) >= 11 is 3.30. The Bertz CT molecular complexity index is 989. The number of carbonyl (C=O) groups excluding carboxylic acids is 1. The molecule has 1 aromatic carbocycles. The number of esters is 1. The Hall–Kier alpha value is -2.12. The summed E-state index contributed by atoms with van der Waals surface area (Å²) < 4.78 is 5.01. The van der Waals surface area contributed by atoms with Gasteiger partial charge in [0.15, 0.2) is 0 Å². The minimum atomic E-state index is -0.187. The highest BCUT2D eigenvalue weighted by Crippen LogP contribution is 2.39. The summed E-state index contributed by atoms with van der Waals surface area (Å²) in [6.45, 7) is 2.96. The fourth-order valence-electron chi connectivity index (χ4n) is 3.60. The van der Waals surface area contributed by atoms with E-state index in [1.165, 1.54) is 46.0 Å². The lowest BCUT2D eigenvalue weighted by atomic mass is 9.97. The SMILES string of the molecule is CCOC(=O)CSCc1nc(NCc2ccccc2)c2c3c(sc2n1)CCCC3. The third-order valence-electron chi connectivity index (χ3n) is 4.92. The van der Waals surface area contributed by atoms with Crippen LogP contribution in [-0.2, 0) is 34.7 Å². The number of nitrogens with zero attached hydrogens (tertiary/aromatic N) is 2. The molecule has 1 aliphatic carbocycles. The van der Waals surface area contributed by atoms with Gasteiger partial charge in [0, 0.05) is 11.4 Å². The van der Waals surface area contributed by atoms with Crippen LogP contribution in [0.1, 0.15) is 41.6 Å². The lowest BCUT2D eigenvalue weighted by molar-refractivity contribution is -0.139. The Labute approximate surface area is 179 Å². The molecule has 5 nitrogen and oxygen atoms in total. The monoisotopic (exact) mass is 427 g/mol. The fraction of sp³-hybridized carbons (Fsp3) is 0.409. The summed E-state index contributed by atoms with van der Waals surface area (Å²) in [5.74, 6) is 2.42. The quantitative estimate of drug-likeness (QED) is 0.512. The van der Waals surface area contributed by atoms with Crippen LogP contribution in [0, 0.1) is 0 Å². The number of benzene rings is 1. The molecular formula is C22H25N3O2S2. The van der Waals surface area contributed by atoms with E-state index >= 15 is 0 Å². The Morgan fingerprint density at radius 1 is 1.21 bits per heavy atom. The molecule has 0 atom stereocenters. The number of fused-ring (bicyclic) bond motifs is 3. The molecule has 0 unspecified atom stereocenters. The lowest BCUT2D eigenvalue weighted by Gasteiger charge is -2.13. The molecule has 0 fully saturated rings. The van der Waals surface area contributed by atoms with Crippen LogP contribution in [-0.4, -0.2) is 28.3 Å². The number of thiophene rings is 1. The molecule has 3 aromatic rings. The number of hydrogen-bond acceptors (Lipinski definition) is 7. The second-order valence-corrected chi connectivity index (χ2v) is 9.09. The van der Waals surface area contributed by atoms with Crippen molar-refractivity contribution in [2.45, 2.75) is 44.9 Å². The van der Waals surface area contributed by atoms with E-state index < -0.39 is 0 Å². The molecule has 2 heterocycles. The number of ether oxygens (including phenoxy) is 1. The maximum Gasteiger partial charge on any atom is 0.315 e. The van der Waals surface area contributed by atoms with Crippen LogP contribution in [0.2, 0.25) is 0 Å². The van der Waals surface area contributed by atoms with Crippen LogP contribution in [0.25, 0.3) is 10.2 Å². The van der Waals surface area contributed by atoms with Crippen molar-refractivity contribution in [2.24, 2.45) is 0 Å². The highest BCUT2D eigenvalue weighted by Gasteiger charge is 2.21. The topological polar surface area (TPSA) is 64.1 Å². The highest BCUT2D eigenvalue weighted by molar-refractivity contribution is 7.99. The van der Waals surface area contributed by atoms with Gasteiger partial charge in [-0.05, 0) is 43.7 Å². The largest absolute Gasteiger partial charge is 0.465 e. The van der Waals surface area contributed by atoms with E-state index in [4.69, 9.17) is 14.7 Å². The number of thioether (sulfide) groups is 1. The third kappa shape index (κ3) is 4.90. The molecule has 29 heavy (non-hydrogen) atoms. The standard InChI is InChI=1S/C22H25N3O2S2/c1-2-27-19(26)14-28-13-18-24-21(23-12-15-8-4-3-5-9-15)20-16-10-6-7-11-17(16)29-22(20)25-18/h3-5,8-9H,2,6-7,10-14H2,1H3,(H,23,24,25). The first kappa shape index (κ1) is 20.2. The lowest BCUT2D eigenvalue weighted by Crippen LogP contribution is -2.08. The van der Waals surface area contributed by atoms with Crippen molar-refractivity contribution in [3.8, 4) is 0 Å². The number of hydrogen-bond donors (Lipinski definition) is 1. The summed E-state index contributed by atoms with van der Waals surface area (Å²) in [6, 6.07) is 10.4. The van der Waals surface area contributed by atoms with Crippen molar-refractivity contribution in [1.29, 1.82) is 0 Å². The number of aromatic nitrogens is 2. The first-order valence-corrected chi connectivity index (χ1v) is 12.0. The van der Waals surface area contributed by atoms with Crippen molar-refractivity contribution in [3.63, 3.8) is 0 Å². The molecule has 4 rings (SSSR count). The molecule has 0 spiro atoms. The van der Waals surface area contributed by atoms with E-state index in [2.05, 4.69) is 29.6 Å². The van der Waals surface area contributed by atoms with Gasteiger partial charge in [-0.2, -0.15) is 0 Å². The van der Waals surface area contributed by atoms with Crippen molar-refractivity contribution >= 4 is 45.1 Å². The van der Waals surface area contributed by atoms with Gasteiger partial charge in [0.25, 0.3) is 0 Å². The number of carbonyl (C=O) groups is 1. The zero-order chi connectivity index (χ0) is 20.1. The molecular weight excluding hydrogens is 402 g/mol. The van der Waals surface area contributed by atoms with Gasteiger partial charge in [-0.15, -0.1) is 23.1 Å². The van der Waals surface area contributed by atoms with Crippen LogP contribution in [0.4, 0.5) is 5.82 Å². The molecule has 0 saturated heterocycles. The molecule has 0 saturated carbocycles. The van der Waals surface area contributed by atoms with Crippen molar-refractivity contribution in [1.82, 2.24) is 9.97 Å². The van der Waals surface area contributed by atoms with Gasteiger partial charge in [0.2, 0.25) is 0 Å². The van der Waals surface area contributed by atoms with E-state index in [-0.39, 0.29) is 5.97 Å². The molecule has 0 bridgehead atoms. The number of aryl methyl sites for hydroxylation is 2. The van der Waals surface area contributed by atoms with E-state index in [0.717, 1.165) is 35.9 Å². The van der Waals surface area contributed by atoms with Crippen molar-refractivity contribution < 1.29 is 9.53 Å². The number of anilines is 1. The molecule has 152 valence electrons.